The number of aliphatic hydroxyl groups is 2. The predicted molar refractivity (Wildman–Crippen MR) is 85.0 cm³/mol. The van der Waals surface area contributed by atoms with E-state index in [0.717, 1.165) is 9.81 Å². The van der Waals surface area contributed by atoms with Gasteiger partial charge in [-0.3, -0.25) is 0 Å². The molecular formula is C14H26O2S2. The average molecular weight is 290 g/mol. The second kappa shape index (κ2) is 7.63. The van der Waals surface area contributed by atoms with Gasteiger partial charge < -0.3 is 10.2 Å². The third kappa shape index (κ3) is 10.1. The fourth-order valence-corrected chi connectivity index (χ4v) is 3.18. The Morgan fingerprint density at radius 3 is 1.22 bits per heavy atom. The second-order valence-corrected chi connectivity index (χ2v) is 9.92. The molecule has 0 fully saturated rings. The molecule has 0 radical (unpaired) electrons. The summed E-state index contributed by atoms with van der Waals surface area (Å²) in [5, 5.41) is 18.6. The summed E-state index contributed by atoms with van der Waals surface area (Å²) in [7, 11) is 0. The second-order valence-electron chi connectivity index (χ2n) is 6.01. The maximum Gasteiger partial charge on any atom is 0.0740 e. The summed E-state index contributed by atoms with van der Waals surface area (Å²) in [6.07, 6.45) is 3.81. The van der Waals surface area contributed by atoms with Crippen LogP contribution >= 0.6 is 23.5 Å². The highest BCUT2D eigenvalue weighted by Crippen LogP contribution is 2.33. The van der Waals surface area contributed by atoms with E-state index >= 15 is 0 Å². The first-order chi connectivity index (χ1) is 8.07. The fraction of sp³-hybridized carbons (Fsp3) is 0.714. The highest BCUT2D eigenvalue weighted by molar-refractivity contribution is 8.04. The third-order valence-electron chi connectivity index (χ3n) is 1.64. The molecule has 2 N–H and O–H groups in total. The van der Waals surface area contributed by atoms with Crippen LogP contribution in [-0.2, 0) is 0 Å². The van der Waals surface area contributed by atoms with Crippen LogP contribution in [0.3, 0.4) is 0 Å². The molecule has 0 aliphatic carbocycles. The lowest BCUT2D eigenvalue weighted by Gasteiger charge is -2.20. The Bertz CT molecular complexity index is 275. The summed E-state index contributed by atoms with van der Waals surface area (Å²) in [6.45, 7) is 12.8. The quantitative estimate of drug-likeness (QED) is 0.756. The molecule has 0 aromatic heterocycles. The molecule has 106 valence electrons. The van der Waals surface area contributed by atoms with Gasteiger partial charge in [-0.2, -0.15) is 0 Å². The van der Waals surface area contributed by atoms with E-state index < -0.39 is 0 Å². The Morgan fingerprint density at radius 1 is 0.778 bits per heavy atom. The summed E-state index contributed by atoms with van der Waals surface area (Å²) in [6, 6.07) is 0. The minimum atomic E-state index is 0.0390. The van der Waals surface area contributed by atoms with Crippen molar-refractivity contribution in [3.05, 3.63) is 22.0 Å². The minimum Gasteiger partial charge on any atom is -0.391 e. The van der Waals surface area contributed by atoms with Crippen LogP contribution in [0.5, 0.6) is 0 Å². The van der Waals surface area contributed by atoms with Gasteiger partial charge in [-0.15, -0.1) is 23.5 Å². The normalized spacial score (nSPS) is 15.1. The molecule has 0 rings (SSSR count). The number of hydrogen-bond donors (Lipinski definition) is 2. The van der Waals surface area contributed by atoms with Crippen LogP contribution < -0.4 is 0 Å². The lowest BCUT2D eigenvalue weighted by Crippen LogP contribution is -2.09. The number of thioether (sulfide) groups is 2. The van der Waals surface area contributed by atoms with E-state index in [1.165, 1.54) is 0 Å². The van der Waals surface area contributed by atoms with Crippen molar-refractivity contribution in [3.8, 4) is 0 Å². The van der Waals surface area contributed by atoms with Gasteiger partial charge in [-0.05, 0) is 12.2 Å². The number of hydrogen-bond acceptors (Lipinski definition) is 4. The molecule has 0 saturated heterocycles. The van der Waals surface area contributed by atoms with E-state index in [1.54, 1.807) is 23.5 Å². The Labute approximate surface area is 120 Å². The lowest BCUT2D eigenvalue weighted by atomic mass is 10.3. The zero-order chi connectivity index (χ0) is 14.4. The van der Waals surface area contributed by atoms with E-state index in [2.05, 4.69) is 41.5 Å². The highest BCUT2D eigenvalue weighted by atomic mass is 32.2. The molecule has 4 heteroatoms. The van der Waals surface area contributed by atoms with Gasteiger partial charge in [0.05, 0.1) is 13.2 Å². The molecule has 0 heterocycles. The zero-order valence-corrected chi connectivity index (χ0v) is 13.9. The number of allylic oxidation sites excluding steroid dienone is 2. The molecule has 0 unspecified atom stereocenters. The maximum atomic E-state index is 9.32. The molecule has 0 aliphatic heterocycles. The van der Waals surface area contributed by atoms with Crippen LogP contribution in [-0.4, -0.2) is 32.9 Å². The van der Waals surface area contributed by atoms with E-state index in [0.29, 0.717) is 0 Å². The molecule has 0 aromatic rings. The van der Waals surface area contributed by atoms with Crippen molar-refractivity contribution in [2.24, 2.45) is 0 Å². The Kier molecular flexibility index (Phi) is 7.67. The monoisotopic (exact) mass is 290 g/mol. The molecule has 0 saturated carbocycles. The molecule has 0 bridgehead atoms. The molecule has 0 aromatic carbocycles. The van der Waals surface area contributed by atoms with Gasteiger partial charge in [-0.25, -0.2) is 0 Å². The van der Waals surface area contributed by atoms with Crippen molar-refractivity contribution in [2.75, 3.05) is 13.2 Å². The standard InChI is InChI=1S/C14H26O2S2/c1-13(2,3)17-11(9-15)7-8-12(10-16)18-14(4,5)6/h7-8,15-16H,9-10H2,1-6H3/b11-7-,12-8-. The summed E-state index contributed by atoms with van der Waals surface area (Å²) < 4.78 is 0.165. The topological polar surface area (TPSA) is 40.5 Å². The SMILES string of the molecule is CC(C)(C)S/C(=C\C=C(\CO)SC(C)(C)C)CO. The van der Waals surface area contributed by atoms with Crippen LogP contribution in [0, 0.1) is 0 Å². The largest absolute Gasteiger partial charge is 0.391 e. The van der Waals surface area contributed by atoms with Gasteiger partial charge >= 0.3 is 0 Å². The molecule has 0 amide bonds. The van der Waals surface area contributed by atoms with Gasteiger partial charge in [0.25, 0.3) is 0 Å². The van der Waals surface area contributed by atoms with Crippen LogP contribution in [0.2, 0.25) is 0 Å². The summed E-state index contributed by atoms with van der Waals surface area (Å²) in [4.78, 5) is 1.84. The van der Waals surface area contributed by atoms with Gasteiger partial charge in [0.2, 0.25) is 0 Å². The third-order valence-corrected chi connectivity index (χ3v) is 3.92. The number of rotatable bonds is 5. The minimum absolute atomic E-state index is 0.0390. The van der Waals surface area contributed by atoms with Crippen LogP contribution in [0.1, 0.15) is 41.5 Å². The maximum absolute atomic E-state index is 9.32. The van der Waals surface area contributed by atoms with Gasteiger partial charge in [-0.1, -0.05) is 41.5 Å². The van der Waals surface area contributed by atoms with Crippen molar-refractivity contribution in [1.82, 2.24) is 0 Å². The summed E-state index contributed by atoms with van der Waals surface area (Å²) in [5.74, 6) is 0. The molecule has 0 spiro atoms. The highest BCUT2D eigenvalue weighted by Gasteiger charge is 2.14. The smallest absolute Gasteiger partial charge is 0.0740 e. The molecule has 0 atom stereocenters. The van der Waals surface area contributed by atoms with Crippen molar-refractivity contribution >= 4 is 23.5 Å². The van der Waals surface area contributed by atoms with Crippen LogP contribution in [0.4, 0.5) is 0 Å². The summed E-state index contributed by atoms with van der Waals surface area (Å²) in [5.41, 5.74) is 0. The van der Waals surface area contributed by atoms with Crippen molar-refractivity contribution in [1.29, 1.82) is 0 Å². The zero-order valence-electron chi connectivity index (χ0n) is 12.3. The number of aliphatic hydroxyl groups excluding tert-OH is 2. The van der Waals surface area contributed by atoms with E-state index in [4.69, 9.17) is 0 Å². The first kappa shape index (κ1) is 18.1. The van der Waals surface area contributed by atoms with Crippen LogP contribution in [0.15, 0.2) is 22.0 Å². The molecule has 18 heavy (non-hydrogen) atoms. The Balaban J connectivity index is 4.79. The fourth-order valence-electron chi connectivity index (χ4n) is 1.21. The molecular weight excluding hydrogens is 264 g/mol. The average Bonchev–Trinajstić information content (AvgIpc) is 2.18. The molecule has 0 aliphatic rings. The van der Waals surface area contributed by atoms with E-state index in [-0.39, 0.29) is 22.7 Å². The van der Waals surface area contributed by atoms with Gasteiger partial charge in [0.1, 0.15) is 0 Å². The Hall–Kier alpha value is 0.1000. The first-order valence-corrected chi connectivity index (χ1v) is 7.70. The first-order valence-electron chi connectivity index (χ1n) is 6.07. The predicted octanol–water partition coefficient (Wildman–Crippen LogP) is 3.80. The van der Waals surface area contributed by atoms with E-state index in [1.807, 2.05) is 12.2 Å². The van der Waals surface area contributed by atoms with Gasteiger partial charge in [0.15, 0.2) is 0 Å². The van der Waals surface area contributed by atoms with Crippen LogP contribution in [0.25, 0.3) is 0 Å². The molecule has 2 nitrogen and oxygen atoms in total. The summed E-state index contributed by atoms with van der Waals surface area (Å²) >= 11 is 3.30. The van der Waals surface area contributed by atoms with E-state index in [9.17, 15) is 10.2 Å². The van der Waals surface area contributed by atoms with Crippen molar-refractivity contribution in [2.45, 2.75) is 51.0 Å². The Morgan fingerprint density at radius 2 is 1.06 bits per heavy atom. The van der Waals surface area contributed by atoms with Gasteiger partial charge in [0, 0.05) is 19.3 Å². The van der Waals surface area contributed by atoms with Crippen molar-refractivity contribution < 1.29 is 10.2 Å². The lowest BCUT2D eigenvalue weighted by molar-refractivity contribution is 0.337. The van der Waals surface area contributed by atoms with Crippen molar-refractivity contribution in [3.63, 3.8) is 0 Å².